The lowest BCUT2D eigenvalue weighted by Crippen LogP contribution is -2.23. The van der Waals surface area contributed by atoms with Gasteiger partial charge in [-0.2, -0.15) is 0 Å². The number of nitrogens with one attached hydrogen (secondary N) is 1. The molecule has 0 fully saturated rings. The van der Waals surface area contributed by atoms with Gasteiger partial charge in [-0.3, -0.25) is 0 Å². The van der Waals surface area contributed by atoms with E-state index in [1.54, 1.807) is 17.3 Å². The van der Waals surface area contributed by atoms with Gasteiger partial charge in [0.2, 0.25) is 0 Å². The van der Waals surface area contributed by atoms with Gasteiger partial charge in [-0.15, -0.1) is 0 Å². The maximum absolute atomic E-state index is 6.13. The number of hydrogen-bond acceptors (Lipinski definition) is 5. The number of fused-ring (bicyclic) bond motifs is 2. The summed E-state index contributed by atoms with van der Waals surface area (Å²) in [6.45, 7) is 5.97. The van der Waals surface area contributed by atoms with Gasteiger partial charge in [-0.05, 0) is 54.9 Å². The molecule has 6 heteroatoms. The quantitative estimate of drug-likeness (QED) is 0.697. The van der Waals surface area contributed by atoms with Crippen LogP contribution >= 0.6 is 11.8 Å². The molecule has 0 unspecified atom stereocenters. The molecule has 0 amide bonds. The highest BCUT2D eigenvalue weighted by molar-refractivity contribution is 7.99. The molecule has 1 aliphatic heterocycles. The Bertz CT molecular complexity index is 868. The topological polar surface area (TPSA) is 68.2 Å². The minimum atomic E-state index is 0.529. The lowest BCUT2D eigenvalue weighted by atomic mass is 10.0. The van der Waals surface area contributed by atoms with E-state index >= 15 is 0 Å². The molecule has 1 aromatic heterocycles. The van der Waals surface area contributed by atoms with Gasteiger partial charge in [-0.1, -0.05) is 44.5 Å². The summed E-state index contributed by atoms with van der Waals surface area (Å²) < 4.78 is 2.31. The number of imidazole rings is 1. The summed E-state index contributed by atoms with van der Waals surface area (Å²) in [6.07, 6.45) is 8.34. The third-order valence-corrected chi connectivity index (χ3v) is 6.61. The number of aliphatic imine (C=N–C) groups is 1. The Hall–Kier alpha value is -1.95. The second-order valence-corrected chi connectivity index (χ2v) is 8.38. The number of hydrogen-bond donors (Lipinski definition) is 2. The van der Waals surface area contributed by atoms with E-state index in [-0.39, 0.29) is 0 Å². The molecule has 2 heterocycles. The third kappa shape index (κ3) is 3.59. The maximum atomic E-state index is 6.13. The lowest BCUT2D eigenvalue weighted by Gasteiger charge is -2.16. The van der Waals surface area contributed by atoms with Crippen LogP contribution in [0.3, 0.4) is 0 Å². The lowest BCUT2D eigenvalue weighted by molar-refractivity contribution is 0.570. The van der Waals surface area contributed by atoms with Gasteiger partial charge in [0.25, 0.3) is 0 Å². The van der Waals surface area contributed by atoms with Crippen molar-refractivity contribution in [2.75, 3.05) is 12.0 Å². The maximum Gasteiger partial charge on any atom is 0.175 e. The van der Waals surface area contributed by atoms with E-state index in [0.717, 1.165) is 36.1 Å². The summed E-state index contributed by atoms with van der Waals surface area (Å²) >= 11 is 1.79. The van der Waals surface area contributed by atoms with Crippen LogP contribution in [0.25, 0.3) is 0 Å². The van der Waals surface area contributed by atoms with Crippen LogP contribution in [0.1, 0.15) is 61.9 Å². The Kier molecular flexibility index (Phi) is 5.43. The van der Waals surface area contributed by atoms with Crippen molar-refractivity contribution >= 4 is 23.4 Å². The number of rotatable bonds is 7. The molecule has 0 bridgehead atoms. The molecule has 5 nitrogen and oxygen atoms in total. The van der Waals surface area contributed by atoms with Gasteiger partial charge in [0.05, 0.1) is 0 Å². The van der Waals surface area contributed by atoms with Crippen molar-refractivity contribution in [2.24, 2.45) is 10.7 Å². The first kappa shape index (κ1) is 18.4. The Labute approximate surface area is 165 Å². The highest BCUT2D eigenvalue weighted by Gasteiger charge is 2.24. The van der Waals surface area contributed by atoms with Gasteiger partial charge >= 0.3 is 0 Å². The average Bonchev–Trinajstić information content (AvgIpc) is 3.26. The van der Waals surface area contributed by atoms with Gasteiger partial charge < -0.3 is 15.6 Å². The van der Waals surface area contributed by atoms with Gasteiger partial charge in [0.1, 0.15) is 24.0 Å². The van der Waals surface area contributed by atoms with Crippen LogP contribution in [-0.4, -0.2) is 22.1 Å². The Morgan fingerprint density at radius 1 is 1.19 bits per heavy atom. The summed E-state index contributed by atoms with van der Waals surface area (Å²) in [6, 6.07) is 4.82. The van der Waals surface area contributed by atoms with Crippen molar-refractivity contribution < 1.29 is 0 Å². The predicted molar refractivity (Wildman–Crippen MR) is 113 cm³/mol. The number of aromatic nitrogens is 2. The molecule has 2 aromatic rings. The van der Waals surface area contributed by atoms with Crippen molar-refractivity contribution in [1.29, 1.82) is 0 Å². The standard InChI is InChI=1S/C21H29N5S/c1-3-5-6-10-26-20-18(19(22)23-13-24-20)25-21(26)27-17-12-16-9-7-8-15(16)11-14(17)4-2/h11-12,24H,3-10,13H2,1-2H3,(H2,22,23). The van der Waals surface area contributed by atoms with Crippen molar-refractivity contribution in [3.8, 4) is 0 Å². The molecule has 1 aromatic carbocycles. The minimum Gasteiger partial charge on any atom is -0.382 e. The highest BCUT2D eigenvalue weighted by Crippen LogP contribution is 2.37. The zero-order chi connectivity index (χ0) is 18.8. The van der Waals surface area contributed by atoms with Crippen molar-refractivity contribution in [1.82, 2.24) is 9.55 Å². The number of anilines is 1. The predicted octanol–water partition coefficient (Wildman–Crippen LogP) is 4.36. The molecule has 0 radical (unpaired) electrons. The zero-order valence-corrected chi connectivity index (χ0v) is 17.2. The number of nitrogens with two attached hydrogens (primary N) is 1. The summed E-state index contributed by atoms with van der Waals surface area (Å²) in [5.41, 5.74) is 11.4. The molecular weight excluding hydrogens is 354 g/mol. The van der Waals surface area contributed by atoms with Crippen molar-refractivity contribution in [2.45, 2.75) is 75.4 Å². The molecule has 2 aliphatic rings. The Balaban J connectivity index is 1.70. The van der Waals surface area contributed by atoms with Crippen LogP contribution in [0.15, 0.2) is 27.2 Å². The largest absolute Gasteiger partial charge is 0.382 e. The van der Waals surface area contributed by atoms with Crippen LogP contribution in [-0.2, 0) is 25.8 Å². The van der Waals surface area contributed by atoms with Crippen molar-refractivity contribution in [3.05, 3.63) is 34.5 Å². The summed E-state index contributed by atoms with van der Waals surface area (Å²) in [5.74, 6) is 1.57. The molecular formula is C21H29N5S. The van der Waals surface area contributed by atoms with Gasteiger partial charge in [0.15, 0.2) is 5.16 Å². The molecule has 1 aliphatic carbocycles. The Morgan fingerprint density at radius 2 is 2.00 bits per heavy atom. The summed E-state index contributed by atoms with van der Waals surface area (Å²) in [7, 11) is 0. The first-order chi connectivity index (χ1) is 13.2. The van der Waals surface area contributed by atoms with Crippen LogP contribution in [0, 0.1) is 0 Å². The van der Waals surface area contributed by atoms with E-state index in [1.807, 2.05) is 0 Å². The van der Waals surface area contributed by atoms with Crippen molar-refractivity contribution in [3.63, 3.8) is 0 Å². The fourth-order valence-corrected chi connectivity index (χ4v) is 5.15. The van der Waals surface area contributed by atoms with E-state index in [0.29, 0.717) is 12.5 Å². The number of unbranched alkanes of at least 4 members (excludes halogenated alkanes) is 2. The van der Waals surface area contributed by atoms with Gasteiger partial charge in [-0.25, -0.2) is 9.98 Å². The monoisotopic (exact) mass is 383 g/mol. The summed E-state index contributed by atoms with van der Waals surface area (Å²) in [5, 5.41) is 4.41. The van der Waals surface area contributed by atoms with Crippen LogP contribution in [0.4, 0.5) is 5.82 Å². The van der Waals surface area contributed by atoms with E-state index < -0.39 is 0 Å². The third-order valence-electron chi connectivity index (χ3n) is 5.51. The SMILES string of the molecule is CCCCCn1c(Sc2cc3c(cc2CC)CCC3)nc2c1NCN=C2N. The normalized spacial score (nSPS) is 15.3. The van der Waals surface area contributed by atoms with Crippen LogP contribution in [0.5, 0.6) is 0 Å². The number of benzene rings is 1. The zero-order valence-electron chi connectivity index (χ0n) is 16.3. The number of aryl methyl sites for hydroxylation is 3. The van der Waals surface area contributed by atoms with Crippen LogP contribution < -0.4 is 11.1 Å². The van der Waals surface area contributed by atoms with Crippen LogP contribution in [0.2, 0.25) is 0 Å². The average molecular weight is 384 g/mol. The van der Waals surface area contributed by atoms with E-state index in [4.69, 9.17) is 10.7 Å². The second-order valence-electron chi connectivity index (χ2n) is 7.37. The molecule has 27 heavy (non-hydrogen) atoms. The minimum absolute atomic E-state index is 0.529. The Morgan fingerprint density at radius 3 is 2.78 bits per heavy atom. The fourth-order valence-electron chi connectivity index (χ4n) is 3.99. The summed E-state index contributed by atoms with van der Waals surface area (Å²) in [4.78, 5) is 10.5. The first-order valence-corrected chi connectivity index (χ1v) is 11.0. The second kappa shape index (κ2) is 7.97. The fraction of sp³-hybridized carbons (Fsp3) is 0.524. The molecule has 3 N–H and O–H groups in total. The molecule has 0 saturated carbocycles. The molecule has 144 valence electrons. The van der Waals surface area contributed by atoms with E-state index in [9.17, 15) is 0 Å². The molecule has 0 saturated heterocycles. The number of nitrogens with zero attached hydrogens (tertiary/aromatic N) is 3. The van der Waals surface area contributed by atoms with E-state index in [1.165, 1.54) is 48.1 Å². The smallest absolute Gasteiger partial charge is 0.175 e. The molecule has 0 atom stereocenters. The first-order valence-electron chi connectivity index (χ1n) is 10.2. The molecule has 4 rings (SSSR count). The van der Waals surface area contributed by atoms with E-state index in [2.05, 4.69) is 40.9 Å². The molecule has 0 spiro atoms. The highest BCUT2D eigenvalue weighted by atomic mass is 32.2. The van der Waals surface area contributed by atoms with Gasteiger partial charge in [0, 0.05) is 11.4 Å². The number of amidine groups is 1.